The molecule has 9 heteroatoms. The summed E-state index contributed by atoms with van der Waals surface area (Å²) in [6, 6.07) is 17.9. The maximum atomic E-state index is 14.8. The maximum absolute atomic E-state index is 14.8. The molecule has 0 aliphatic carbocycles. The Kier molecular flexibility index (Phi) is 6.61. The quantitative estimate of drug-likeness (QED) is 0.308. The summed E-state index contributed by atoms with van der Waals surface area (Å²) >= 11 is 0. The number of hydrogen-bond acceptors (Lipinski definition) is 6. The van der Waals surface area contributed by atoms with E-state index >= 15 is 0 Å². The third kappa shape index (κ3) is 4.90. The van der Waals surface area contributed by atoms with Crippen LogP contribution in [0.15, 0.2) is 66.7 Å². The van der Waals surface area contributed by atoms with Gasteiger partial charge in [-0.3, -0.25) is 0 Å². The number of ether oxygens (including phenoxy) is 2. The van der Waals surface area contributed by atoms with E-state index < -0.39 is 52.0 Å². The zero-order valence-corrected chi connectivity index (χ0v) is 18.5. The number of pyridine rings is 1. The number of aromatic carboxylic acids is 1. The van der Waals surface area contributed by atoms with Crippen LogP contribution in [-0.4, -0.2) is 21.2 Å². The largest absolute Gasteiger partial charge is 0.504 e. The van der Waals surface area contributed by atoms with Crippen LogP contribution in [-0.2, 0) is 6.54 Å². The summed E-state index contributed by atoms with van der Waals surface area (Å²) in [6.45, 7) is 1.53. The Hall–Kier alpha value is -4.50. The highest BCUT2D eigenvalue weighted by Crippen LogP contribution is 2.38. The summed E-state index contributed by atoms with van der Waals surface area (Å²) in [5, 5.41) is 19.4. The molecule has 0 aliphatic rings. The van der Waals surface area contributed by atoms with Crippen molar-refractivity contribution < 1.29 is 33.3 Å². The Morgan fingerprint density at radius 3 is 2.26 bits per heavy atom. The van der Waals surface area contributed by atoms with Crippen molar-refractivity contribution in [2.24, 2.45) is 5.73 Å². The minimum atomic E-state index is -1.41. The van der Waals surface area contributed by atoms with Crippen LogP contribution < -0.4 is 15.2 Å². The van der Waals surface area contributed by atoms with Gasteiger partial charge in [0.1, 0.15) is 11.3 Å². The number of nitrogens with zero attached hydrogens (tertiary/aromatic N) is 1. The van der Waals surface area contributed by atoms with Crippen molar-refractivity contribution >= 4 is 5.97 Å². The molecule has 4 aromatic rings. The number of phenolic OH excluding ortho intramolecular Hbond substituents is 1. The summed E-state index contributed by atoms with van der Waals surface area (Å²) in [5.41, 5.74) is 7.40. The van der Waals surface area contributed by atoms with Crippen LogP contribution in [0.5, 0.6) is 29.0 Å². The van der Waals surface area contributed by atoms with Crippen molar-refractivity contribution in [2.75, 3.05) is 0 Å². The number of carbonyl (C=O) groups is 1. The second-order valence-electron chi connectivity index (χ2n) is 7.57. The first-order chi connectivity index (χ1) is 16.8. The lowest BCUT2D eigenvalue weighted by atomic mass is 10.0. The van der Waals surface area contributed by atoms with Gasteiger partial charge in [0.15, 0.2) is 23.1 Å². The van der Waals surface area contributed by atoms with Crippen molar-refractivity contribution in [1.82, 2.24) is 4.98 Å². The van der Waals surface area contributed by atoms with Crippen LogP contribution >= 0.6 is 0 Å². The topological polar surface area (TPSA) is 115 Å². The van der Waals surface area contributed by atoms with E-state index in [0.717, 1.165) is 29.7 Å². The number of carboxylic acids is 1. The standard InChI is InChI=1S/C26H20F2N2O5/c1-14-21(27)24(30-25(22(14)28)35-23-19(26(32)33)9-4-10-20(23)31)34-18-8-3-7-17(12-18)16-6-2-5-15(11-16)13-29/h2-12,31H,13,29H2,1H3,(H,32,33). The van der Waals surface area contributed by atoms with Gasteiger partial charge in [-0.15, -0.1) is 0 Å². The Morgan fingerprint density at radius 2 is 1.57 bits per heavy atom. The fourth-order valence-electron chi connectivity index (χ4n) is 3.37. The van der Waals surface area contributed by atoms with Gasteiger partial charge >= 0.3 is 5.97 Å². The average molecular weight is 478 g/mol. The molecule has 3 aromatic carbocycles. The summed E-state index contributed by atoms with van der Waals surface area (Å²) in [4.78, 5) is 15.3. The number of para-hydroxylation sites is 1. The Bertz CT molecular complexity index is 1430. The van der Waals surface area contributed by atoms with Gasteiger partial charge in [0.05, 0.1) is 0 Å². The first-order valence-corrected chi connectivity index (χ1v) is 10.4. The number of aromatic nitrogens is 1. The summed E-state index contributed by atoms with van der Waals surface area (Å²) in [6.07, 6.45) is 0. The molecule has 0 saturated heterocycles. The number of rotatable bonds is 7. The van der Waals surface area contributed by atoms with Crippen molar-refractivity contribution in [2.45, 2.75) is 13.5 Å². The molecule has 0 aliphatic heterocycles. The Balaban J connectivity index is 1.71. The molecular weight excluding hydrogens is 458 g/mol. The van der Waals surface area contributed by atoms with E-state index in [1.165, 1.54) is 12.1 Å². The summed E-state index contributed by atoms with van der Waals surface area (Å²) in [7, 11) is 0. The molecule has 35 heavy (non-hydrogen) atoms. The highest BCUT2D eigenvalue weighted by molar-refractivity contribution is 5.92. The van der Waals surface area contributed by atoms with Gasteiger partial charge in [0.2, 0.25) is 0 Å². The lowest BCUT2D eigenvalue weighted by Crippen LogP contribution is -2.05. The molecular formula is C26H20F2N2O5. The number of hydrogen-bond donors (Lipinski definition) is 3. The molecule has 0 fully saturated rings. The molecule has 0 amide bonds. The van der Waals surface area contributed by atoms with E-state index in [0.29, 0.717) is 6.54 Å². The van der Waals surface area contributed by atoms with Crippen LogP contribution in [0.2, 0.25) is 0 Å². The van der Waals surface area contributed by atoms with Crippen LogP contribution in [0.4, 0.5) is 8.78 Å². The smallest absolute Gasteiger partial charge is 0.339 e. The zero-order valence-electron chi connectivity index (χ0n) is 18.5. The molecule has 0 radical (unpaired) electrons. The number of nitrogens with two attached hydrogens (primary N) is 1. The second-order valence-corrected chi connectivity index (χ2v) is 7.57. The summed E-state index contributed by atoms with van der Waals surface area (Å²) < 4.78 is 40.5. The first-order valence-electron chi connectivity index (χ1n) is 10.4. The fraction of sp³-hybridized carbons (Fsp3) is 0.0769. The van der Waals surface area contributed by atoms with Crippen LogP contribution in [0.25, 0.3) is 11.1 Å². The molecule has 0 spiro atoms. The van der Waals surface area contributed by atoms with E-state index in [1.54, 1.807) is 18.2 Å². The van der Waals surface area contributed by atoms with Crippen molar-refractivity contribution in [3.05, 3.63) is 95.1 Å². The van der Waals surface area contributed by atoms with Gasteiger partial charge in [-0.05, 0) is 53.9 Å². The first kappa shape index (κ1) is 23.7. The van der Waals surface area contributed by atoms with Crippen LogP contribution in [0.3, 0.4) is 0 Å². The lowest BCUT2D eigenvalue weighted by molar-refractivity contribution is 0.0693. The highest BCUT2D eigenvalue weighted by Gasteiger charge is 2.24. The van der Waals surface area contributed by atoms with Gasteiger partial charge in [-0.25, -0.2) is 13.6 Å². The molecule has 1 heterocycles. The molecule has 0 atom stereocenters. The predicted molar refractivity (Wildman–Crippen MR) is 124 cm³/mol. The Labute approximate surface area is 199 Å². The maximum Gasteiger partial charge on any atom is 0.339 e. The molecule has 7 nitrogen and oxygen atoms in total. The Morgan fingerprint density at radius 1 is 0.943 bits per heavy atom. The van der Waals surface area contributed by atoms with Crippen molar-refractivity contribution in [1.29, 1.82) is 0 Å². The van der Waals surface area contributed by atoms with Gasteiger partial charge in [-0.1, -0.05) is 36.4 Å². The molecule has 0 unspecified atom stereocenters. The second kappa shape index (κ2) is 9.78. The SMILES string of the molecule is Cc1c(F)c(Oc2cccc(-c3cccc(CN)c3)c2)nc(Oc2c(O)cccc2C(=O)O)c1F. The molecule has 4 N–H and O–H groups in total. The molecule has 4 rings (SSSR count). The van der Waals surface area contributed by atoms with E-state index in [4.69, 9.17) is 15.2 Å². The van der Waals surface area contributed by atoms with Gasteiger partial charge in [-0.2, -0.15) is 4.98 Å². The number of aromatic hydroxyl groups is 1. The zero-order chi connectivity index (χ0) is 25.1. The normalized spacial score (nSPS) is 10.7. The number of benzene rings is 3. The average Bonchev–Trinajstić information content (AvgIpc) is 2.86. The van der Waals surface area contributed by atoms with Crippen LogP contribution in [0, 0.1) is 18.6 Å². The summed E-state index contributed by atoms with van der Waals surface area (Å²) in [5.74, 6) is -5.84. The van der Waals surface area contributed by atoms with E-state index in [1.807, 2.05) is 30.3 Å². The third-order valence-electron chi connectivity index (χ3n) is 5.21. The van der Waals surface area contributed by atoms with Gasteiger partial charge in [0.25, 0.3) is 11.8 Å². The lowest BCUT2D eigenvalue weighted by Gasteiger charge is -2.14. The van der Waals surface area contributed by atoms with Crippen LogP contribution in [0.1, 0.15) is 21.5 Å². The van der Waals surface area contributed by atoms with Gasteiger partial charge < -0.3 is 25.4 Å². The van der Waals surface area contributed by atoms with E-state index in [9.17, 15) is 23.8 Å². The van der Waals surface area contributed by atoms with Gasteiger partial charge in [0, 0.05) is 12.1 Å². The molecule has 178 valence electrons. The monoisotopic (exact) mass is 478 g/mol. The molecule has 0 bridgehead atoms. The van der Waals surface area contributed by atoms with E-state index in [-0.39, 0.29) is 5.75 Å². The van der Waals surface area contributed by atoms with E-state index in [2.05, 4.69) is 4.98 Å². The number of halogens is 2. The fourth-order valence-corrected chi connectivity index (χ4v) is 3.37. The minimum Gasteiger partial charge on any atom is -0.504 e. The minimum absolute atomic E-state index is 0.220. The van der Waals surface area contributed by atoms with Crippen molar-refractivity contribution in [3.8, 4) is 40.1 Å². The predicted octanol–water partition coefficient (Wildman–Crippen LogP) is 5.78. The third-order valence-corrected chi connectivity index (χ3v) is 5.21. The molecule has 1 aromatic heterocycles. The number of phenols is 1. The number of carboxylic acid groups (broad SMARTS) is 1. The highest BCUT2D eigenvalue weighted by atomic mass is 19.1. The van der Waals surface area contributed by atoms with Crippen molar-refractivity contribution in [3.63, 3.8) is 0 Å². The molecule has 0 saturated carbocycles.